The molecule has 6 heteroatoms. The number of benzene rings is 1. The van der Waals surface area contributed by atoms with Gasteiger partial charge in [0.25, 0.3) is 0 Å². The van der Waals surface area contributed by atoms with Gasteiger partial charge in [-0.15, -0.1) is 0 Å². The standard InChI is InChI=1S/C15H19N3O3/c16-9-15(1-3-19-4-2-15)14-17-10-7-12-13(8-11(10)18-14)21-6-5-20-12/h7-8H,1-6,9,16H2,(H,17,18). The summed E-state index contributed by atoms with van der Waals surface area (Å²) >= 11 is 0. The number of nitrogens with one attached hydrogen (secondary N) is 1. The Morgan fingerprint density at radius 2 is 1.81 bits per heavy atom. The molecule has 3 heterocycles. The summed E-state index contributed by atoms with van der Waals surface area (Å²) < 4.78 is 16.7. The Balaban J connectivity index is 1.79. The molecule has 6 nitrogen and oxygen atoms in total. The van der Waals surface area contributed by atoms with E-state index in [2.05, 4.69) is 4.98 Å². The number of ether oxygens (including phenoxy) is 3. The number of rotatable bonds is 2. The molecule has 0 amide bonds. The predicted octanol–water partition coefficient (Wildman–Crippen LogP) is 1.34. The second kappa shape index (κ2) is 4.89. The number of aromatic amines is 1. The minimum atomic E-state index is -0.112. The molecule has 0 aliphatic carbocycles. The van der Waals surface area contributed by atoms with Gasteiger partial charge >= 0.3 is 0 Å². The van der Waals surface area contributed by atoms with Crippen molar-refractivity contribution < 1.29 is 14.2 Å². The fourth-order valence-corrected chi connectivity index (χ4v) is 3.10. The summed E-state index contributed by atoms with van der Waals surface area (Å²) in [6.07, 6.45) is 1.80. The van der Waals surface area contributed by atoms with Gasteiger partial charge in [0.15, 0.2) is 11.5 Å². The molecule has 0 bridgehead atoms. The highest BCUT2D eigenvalue weighted by Gasteiger charge is 2.36. The van der Waals surface area contributed by atoms with Gasteiger partial charge in [0.1, 0.15) is 19.0 Å². The lowest BCUT2D eigenvalue weighted by atomic mass is 9.79. The molecule has 4 rings (SSSR count). The summed E-state index contributed by atoms with van der Waals surface area (Å²) in [5.41, 5.74) is 7.80. The molecule has 0 spiro atoms. The van der Waals surface area contributed by atoms with Crippen LogP contribution in [0.4, 0.5) is 0 Å². The van der Waals surface area contributed by atoms with Crippen molar-refractivity contribution >= 4 is 11.0 Å². The Morgan fingerprint density at radius 1 is 1.10 bits per heavy atom. The predicted molar refractivity (Wildman–Crippen MR) is 77.9 cm³/mol. The van der Waals surface area contributed by atoms with E-state index in [1.165, 1.54) is 0 Å². The third-order valence-electron chi connectivity index (χ3n) is 4.49. The molecule has 112 valence electrons. The first-order valence-electron chi connectivity index (χ1n) is 7.38. The summed E-state index contributed by atoms with van der Waals surface area (Å²) in [7, 11) is 0. The molecule has 2 aliphatic heterocycles. The molecule has 21 heavy (non-hydrogen) atoms. The van der Waals surface area contributed by atoms with Crippen LogP contribution in [-0.2, 0) is 10.2 Å². The van der Waals surface area contributed by atoms with E-state index in [9.17, 15) is 0 Å². The number of nitrogens with zero attached hydrogens (tertiary/aromatic N) is 1. The first kappa shape index (κ1) is 12.9. The zero-order valence-electron chi connectivity index (χ0n) is 11.9. The van der Waals surface area contributed by atoms with Crippen LogP contribution < -0.4 is 15.2 Å². The van der Waals surface area contributed by atoms with E-state index < -0.39 is 0 Å². The van der Waals surface area contributed by atoms with Crippen molar-refractivity contribution in [3.63, 3.8) is 0 Å². The lowest BCUT2D eigenvalue weighted by molar-refractivity contribution is 0.0503. The Kier molecular flexibility index (Phi) is 3.01. The van der Waals surface area contributed by atoms with Gasteiger partial charge in [-0.2, -0.15) is 0 Å². The number of H-pyrrole nitrogens is 1. The van der Waals surface area contributed by atoms with E-state index in [1.807, 2.05) is 12.1 Å². The summed E-state index contributed by atoms with van der Waals surface area (Å²) in [6.45, 7) is 3.21. The fourth-order valence-electron chi connectivity index (χ4n) is 3.10. The van der Waals surface area contributed by atoms with Crippen molar-refractivity contribution in [3.8, 4) is 11.5 Å². The van der Waals surface area contributed by atoms with Crippen molar-refractivity contribution in [1.82, 2.24) is 9.97 Å². The van der Waals surface area contributed by atoms with Gasteiger partial charge in [-0.1, -0.05) is 0 Å². The lowest BCUT2D eigenvalue weighted by Gasteiger charge is -2.34. The first-order valence-corrected chi connectivity index (χ1v) is 7.38. The molecule has 1 saturated heterocycles. The lowest BCUT2D eigenvalue weighted by Crippen LogP contribution is -2.41. The highest BCUT2D eigenvalue weighted by atomic mass is 16.6. The average Bonchev–Trinajstić information content (AvgIpc) is 2.96. The molecule has 1 fully saturated rings. The van der Waals surface area contributed by atoms with Crippen LogP contribution in [0.2, 0.25) is 0 Å². The smallest absolute Gasteiger partial charge is 0.163 e. The van der Waals surface area contributed by atoms with Gasteiger partial charge in [0.05, 0.1) is 11.0 Å². The van der Waals surface area contributed by atoms with Gasteiger partial charge < -0.3 is 24.9 Å². The third-order valence-corrected chi connectivity index (χ3v) is 4.49. The molecule has 0 saturated carbocycles. The molecule has 1 aromatic heterocycles. The second-order valence-electron chi connectivity index (χ2n) is 5.70. The fraction of sp³-hybridized carbons (Fsp3) is 0.533. The number of nitrogens with two attached hydrogens (primary N) is 1. The zero-order chi connectivity index (χ0) is 14.3. The van der Waals surface area contributed by atoms with Crippen LogP contribution in [0.1, 0.15) is 18.7 Å². The molecule has 0 unspecified atom stereocenters. The van der Waals surface area contributed by atoms with Gasteiger partial charge in [-0.05, 0) is 12.8 Å². The normalized spacial score (nSPS) is 20.6. The van der Waals surface area contributed by atoms with E-state index in [1.54, 1.807) is 0 Å². The number of imidazole rings is 1. The summed E-state index contributed by atoms with van der Waals surface area (Å²) in [4.78, 5) is 8.19. The van der Waals surface area contributed by atoms with Gasteiger partial charge in [-0.3, -0.25) is 0 Å². The molecule has 3 N–H and O–H groups in total. The van der Waals surface area contributed by atoms with Crippen LogP contribution in [0, 0.1) is 0 Å². The van der Waals surface area contributed by atoms with Crippen LogP contribution in [-0.4, -0.2) is 42.9 Å². The first-order chi connectivity index (χ1) is 10.3. The van der Waals surface area contributed by atoms with E-state index in [-0.39, 0.29) is 5.41 Å². The van der Waals surface area contributed by atoms with Crippen molar-refractivity contribution in [2.24, 2.45) is 5.73 Å². The third kappa shape index (κ3) is 2.06. The quantitative estimate of drug-likeness (QED) is 0.872. The minimum absolute atomic E-state index is 0.112. The van der Waals surface area contributed by atoms with Crippen LogP contribution >= 0.6 is 0 Å². The van der Waals surface area contributed by atoms with Crippen molar-refractivity contribution in [2.75, 3.05) is 33.0 Å². The Hall–Kier alpha value is -1.79. The van der Waals surface area contributed by atoms with Gasteiger partial charge in [-0.25, -0.2) is 4.98 Å². The molecular weight excluding hydrogens is 270 g/mol. The molecule has 0 atom stereocenters. The van der Waals surface area contributed by atoms with E-state index >= 15 is 0 Å². The average molecular weight is 289 g/mol. The number of aromatic nitrogens is 2. The number of hydrogen-bond donors (Lipinski definition) is 2. The van der Waals surface area contributed by atoms with Crippen LogP contribution in [0.15, 0.2) is 12.1 Å². The van der Waals surface area contributed by atoms with Crippen LogP contribution in [0.5, 0.6) is 11.5 Å². The van der Waals surface area contributed by atoms with E-state index in [0.29, 0.717) is 19.8 Å². The molecule has 0 radical (unpaired) electrons. The molecule has 2 aliphatic rings. The maximum atomic E-state index is 6.05. The van der Waals surface area contributed by atoms with E-state index in [4.69, 9.17) is 24.9 Å². The van der Waals surface area contributed by atoms with E-state index in [0.717, 1.165) is 54.4 Å². The maximum Gasteiger partial charge on any atom is 0.163 e. The summed E-state index contributed by atoms with van der Waals surface area (Å²) in [5, 5.41) is 0. The Labute approximate surface area is 122 Å². The summed E-state index contributed by atoms with van der Waals surface area (Å²) in [6, 6.07) is 3.90. The minimum Gasteiger partial charge on any atom is -0.486 e. The second-order valence-corrected chi connectivity index (χ2v) is 5.70. The Morgan fingerprint density at radius 3 is 2.52 bits per heavy atom. The summed E-state index contributed by atoms with van der Waals surface area (Å²) in [5.74, 6) is 2.49. The maximum absolute atomic E-state index is 6.05. The van der Waals surface area contributed by atoms with Gasteiger partial charge in [0, 0.05) is 37.3 Å². The van der Waals surface area contributed by atoms with Crippen molar-refractivity contribution in [3.05, 3.63) is 18.0 Å². The van der Waals surface area contributed by atoms with Gasteiger partial charge in [0.2, 0.25) is 0 Å². The largest absolute Gasteiger partial charge is 0.486 e. The Bertz CT molecular complexity index is 618. The molecule has 2 aromatic rings. The van der Waals surface area contributed by atoms with Crippen LogP contribution in [0.25, 0.3) is 11.0 Å². The molecule has 1 aromatic carbocycles. The number of fused-ring (bicyclic) bond motifs is 2. The highest BCUT2D eigenvalue weighted by molar-refractivity contribution is 5.80. The number of hydrogen-bond acceptors (Lipinski definition) is 5. The monoisotopic (exact) mass is 289 g/mol. The van der Waals surface area contributed by atoms with Crippen LogP contribution in [0.3, 0.4) is 0 Å². The van der Waals surface area contributed by atoms with Crippen molar-refractivity contribution in [1.29, 1.82) is 0 Å². The highest BCUT2D eigenvalue weighted by Crippen LogP contribution is 2.37. The topological polar surface area (TPSA) is 82.4 Å². The SMILES string of the molecule is NCC1(c2nc3cc4c(cc3[nH]2)OCCO4)CCOCC1. The zero-order valence-corrected chi connectivity index (χ0v) is 11.9. The molecular formula is C15H19N3O3. The van der Waals surface area contributed by atoms with Crippen molar-refractivity contribution in [2.45, 2.75) is 18.3 Å².